The number of para-hydroxylation sites is 1. The Hall–Kier alpha value is -4.47. The number of fused-ring (bicyclic) bond motifs is 2. The molecule has 3 N–H and O–H groups in total. The highest BCUT2D eigenvalue weighted by Gasteiger charge is 2.45. The molecule has 0 unspecified atom stereocenters. The molecular weight excluding hydrogens is 514 g/mol. The van der Waals surface area contributed by atoms with Crippen LogP contribution in [0.1, 0.15) is 54.2 Å². The number of amides is 2. The molecule has 1 fully saturated rings. The number of aromatic hydroxyl groups is 1. The van der Waals surface area contributed by atoms with Gasteiger partial charge in [-0.05, 0) is 31.0 Å². The zero-order valence-corrected chi connectivity index (χ0v) is 22.8. The van der Waals surface area contributed by atoms with Crippen LogP contribution in [0, 0.1) is 0 Å². The Morgan fingerprint density at radius 1 is 1.02 bits per heavy atom. The van der Waals surface area contributed by atoms with Crippen LogP contribution in [0.5, 0.6) is 17.2 Å². The molecule has 3 heterocycles. The fourth-order valence-corrected chi connectivity index (χ4v) is 5.70. The number of pyridine rings is 1. The van der Waals surface area contributed by atoms with Crippen molar-refractivity contribution in [2.24, 2.45) is 0 Å². The summed E-state index contributed by atoms with van der Waals surface area (Å²) in [4.78, 5) is 43.8. The number of piperidine rings is 1. The first-order valence-corrected chi connectivity index (χ1v) is 13.4. The summed E-state index contributed by atoms with van der Waals surface area (Å²) in [6, 6.07) is 12.7. The summed E-state index contributed by atoms with van der Waals surface area (Å²) in [6.45, 7) is 2.48. The first-order chi connectivity index (χ1) is 19.3. The molecule has 210 valence electrons. The number of benzene rings is 2. The van der Waals surface area contributed by atoms with Crippen LogP contribution in [0.4, 0.5) is 10.5 Å². The van der Waals surface area contributed by atoms with Gasteiger partial charge in [-0.15, -0.1) is 0 Å². The Bertz CT molecular complexity index is 1480. The van der Waals surface area contributed by atoms with Gasteiger partial charge in [-0.2, -0.15) is 0 Å². The highest BCUT2D eigenvalue weighted by atomic mass is 16.6. The summed E-state index contributed by atoms with van der Waals surface area (Å²) in [5.74, 6) is -0.144. The standard InChI is InChI=1S/C30H33N3O7/c1-4-5-10-20-23(24-21(38-2)12-8-13-22(24)39-3)26(34)25(27(35)31-20)28(36)33-16-14-30(15-17-33)18-9-6-7-11-19(18)32-29(37)40-30/h6-9,11-13H,4-5,10,14-17H2,1-3H3,(H,32,37)(H2,31,34,35). The van der Waals surface area contributed by atoms with Gasteiger partial charge in [0.25, 0.3) is 11.5 Å². The second kappa shape index (κ2) is 11.0. The Labute approximate surface area is 231 Å². The van der Waals surface area contributed by atoms with Gasteiger partial charge >= 0.3 is 6.09 Å². The number of carbonyl (C=O) groups is 2. The van der Waals surface area contributed by atoms with E-state index in [4.69, 9.17) is 14.2 Å². The van der Waals surface area contributed by atoms with E-state index in [1.807, 2.05) is 31.2 Å². The van der Waals surface area contributed by atoms with Crippen molar-refractivity contribution in [2.45, 2.75) is 44.6 Å². The SMILES string of the molecule is CCCCc1[nH]c(=O)c(C(=O)N2CCC3(CC2)OC(=O)Nc2ccccc23)c(O)c1-c1c(OC)cccc1OC. The van der Waals surface area contributed by atoms with Crippen LogP contribution in [0.25, 0.3) is 11.1 Å². The van der Waals surface area contributed by atoms with Crippen LogP contribution < -0.4 is 20.3 Å². The number of methoxy groups -OCH3 is 2. The van der Waals surface area contributed by atoms with Crippen molar-refractivity contribution in [3.8, 4) is 28.4 Å². The zero-order valence-electron chi connectivity index (χ0n) is 22.8. The van der Waals surface area contributed by atoms with Gasteiger partial charge in [-0.1, -0.05) is 37.6 Å². The molecule has 1 saturated heterocycles. The first kappa shape index (κ1) is 27.1. The molecule has 3 aromatic rings. The van der Waals surface area contributed by atoms with Gasteiger partial charge in [-0.3, -0.25) is 14.9 Å². The van der Waals surface area contributed by atoms with E-state index in [0.29, 0.717) is 53.3 Å². The summed E-state index contributed by atoms with van der Waals surface area (Å²) in [6.07, 6.45) is 2.27. The normalized spacial score (nSPS) is 15.7. The van der Waals surface area contributed by atoms with E-state index >= 15 is 0 Å². The van der Waals surface area contributed by atoms with E-state index in [1.165, 1.54) is 19.1 Å². The molecule has 0 atom stereocenters. The molecule has 1 spiro atoms. The third-order valence-electron chi connectivity index (χ3n) is 7.74. The lowest BCUT2D eigenvalue weighted by atomic mass is 9.82. The number of H-pyrrole nitrogens is 1. The molecule has 10 heteroatoms. The molecule has 2 aliphatic rings. The Morgan fingerprint density at radius 2 is 1.70 bits per heavy atom. The molecule has 0 radical (unpaired) electrons. The van der Waals surface area contributed by atoms with Crippen molar-refractivity contribution >= 4 is 17.7 Å². The third-order valence-corrected chi connectivity index (χ3v) is 7.74. The predicted molar refractivity (Wildman–Crippen MR) is 149 cm³/mol. The summed E-state index contributed by atoms with van der Waals surface area (Å²) in [5.41, 5.74) is 0.924. The molecule has 2 aromatic carbocycles. The number of nitrogens with zero attached hydrogens (tertiary/aromatic N) is 1. The number of anilines is 1. The van der Waals surface area contributed by atoms with Gasteiger partial charge in [0.15, 0.2) is 0 Å². The Balaban J connectivity index is 1.53. The molecule has 0 bridgehead atoms. The van der Waals surface area contributed by atoms with E-state index in [9.17, 15) is 19.5 Å². The third kappa shape index (κ3) is 4.63. The maximum absolute atomic E-state index is 13.8. The van der Waals surface area contributed by atoms with Crippen molar-refractivity contribution in [3.05, 3.63) is 69.6 Å². The van der Waals surface area contributed by atoms with E-state index in [0.717, 1.165) is 18.4 Å². The lowest BCUT2D eigenvalue weighted by Crippen LogP contribution is -2.50. The van der Waals surface area contributed by atoms with Crippen LogP contribution in [-0.2, 0) is 16.8 Å². The fourth-order valence-electron chi connectivity index (χ4n) is 5.70. The molecule has 5 rings (SSSR count). The number of unbranched alkanes of at least 4 members (excludes halogenated alkanes) is 1. The Morgan fingerprint density at radius 3 is 2.35 bits per heavy atom. The van der Waals surface area contributed by atoms with Crippen LogP contribution in [-0.4, -0.2) is 54.3 Å². The monoisotopic (exact) mass is 547 g/mol. The predicted octanol–water partition coefficient (Wildman–Crippen LogP) is 4.80. The van der Waals surface area contributed by atoms with Crippen molar-refractivity contribution in [1.82, 2.24) is 9.88 Å². The highest BCUT2D eigenvalue weighted by molar-refractivity contribution is 6.00. The number of aryl methyl sites for hydroxylation is 1. The molecule has 2 aliphatic heterocycles. The summed E-state index contributed by atoms with van der Waals surface area (Å²) in [7, 11) is 3.02. The van der Waals surface area contributed by atoms with E-state index in [1.54, 1.807) is 18.2 Å². The van der Waals surface area contributed by atoms with Gasteiger partial charge in [0.1, 0.15) is 28.4 Å². The summed E-state index contributed by atoms with van der Waals surface area (Å²) >= 11 is 0. The average molecular weight is 548 g/mol. The number of carbonyl (C=O) groups excluding carboxylic acids is 2. The van der Waals surface area contributed by atoms with Gasteiger partial charge in [-0.25, -0.2) is 4.79 Å². The maximum atomic E-state index is 13.8. The first-order valence-electron chi connectivity index (χ1n) is 13.4. The summed E-state index contributed by atoms with van der Waals surface area (Å²) in [5, 5.41) is 14.3. The quantitative estimate of drug-likeness (QED) is 0.387. The smallest absolute Gasteiger partial charge is 0.412 e. The molecular formula is C30H33N3O7. The number of hydrogen-bond donors (Lipinski definition) is 3. The highest BCUT2D eigenvalue weighted by Crippen LogP contribution is 2.46. The lowest BCUT2D eigenvalue weighted by molar-refractivity contribution is -0.0332. The van der Waals surface area contributed by atoms with Gasteiger partial charge in [0, 0.05) is 37.2 Å². The van der Waals surface area contributed by atoms with Crippen LogP contribution in [0.2, 0.25) is 0 Å². The van der Waals surface area contributed by atoms with Crippen LogP contribution in [0.15, 0.2) is 47.3 Å². The second-order valence-electron chi connectivity index (χ2n) is 10.0. The Kier molecular flexibility index (Phi) is 7.42. The van der Waals surface area contributed by atoms with E-state index in [2.05, 4.69) is 10.3 Å². The number of nitrogens with one attached hydrogen (secondary N) is 2. The zero-order chi connectivity index (χ0) is 28.4. The van der Waals surface area contributed by atoms with Crippen LogP contribution in [0.3, 0.4) is 0 Å². The van der Waals surface area contributed by atoms with Crippen LogP contribution >= 0.6 is 0 Å². The number of rotatable bonds is 7. The number of ether oxygens (including phenoxy) is 3. The minimum Gasteiger partial charge on any atom is -0.506 e. The fraction of sp³-hybridized carbons (Fsp3) is 0.367. The van der Waals surface area contributed by atoms with Crippen molar-refractivity contribution in [2.75, 3.05) is 32.6 Å². The number of aromatic amines is 1. The average Bonchev–Trinajstić information content (AvgIpc) is 2.96. The van der Waals surface area contributed by atoms with Crippen molar-refractivity contribution in [1.29, 1.82) is 0 Å². The maximum Gasteiger partial charge on any atom is 0.412 e. The molecule has 40 heavy (non-hydrogen) atoms. The van der Waals surface area contributed by atoms with Gasteiger partial charge in [0.2, 0.25) is 0 Å². The minimum absolute atomic E-state index is 0.226. The number of likely N-dealkylation sites (tertiary alicyclic amines) is 1. The van der Waals surface area contributed by atoms with Gasteiger partial charge < -0.3 is 29.2 Å². The van der Waals surface area contributed by atoms with E-state index in [-0.39, 0.29) is 18.7 Å². The van der Waals surface area contributed by atoms with Gasteiger partial charge in [0.05, 0.1) is 31.0 Å². The molecule has 0 aliphatic carbocycles. The number of aromatic nitrogens is 1. The molecule has 10 nitrogen and oxygen atoms in total. The second-order valence-corrected chi connectivity index (χ2v) is 10.0. The lowest BCUT2D eigenvalue weighted by Gasteiger charge is -2.44. The summed E-state index contributed by atoms with van der Waals surface area (Å²) < 4.78 is 16.9. The van der Waals surface area contributed by atoms with Crippen molar-refractivity contribution in [3.63, 3.8) is 0 Å². The van der Waals surface area contributed by atoms with E-state index < -0.39 is 28.9 Å². The largest absolute Gasteiger partial charge is 0.506 e. The minimum atomic E-state index is -0.871. The topological polar surface area (TPSA) is 130 Å². The van der Waals surface area contributed by atoms with Crippen molar-refractivity contribution < 1.29 is 28.9 Å². The molecule has 2 amide bonds. The number of hydrogen-bond acceptors (Lipinski definition) is 7. The molecule has 0 saturated carbocycles. The molecule has 1 aromatic heterocycles.